The van der Waals surface area contributed by atoms with Crippen LogP contribution in [0.1, 0.15) is 12.5 Å². The fourth-order valence-corrected chi connectivity index (χ4v) is 2.14. The van der Waals surface area contributed by atoms with E-state index in [1.165, 1.54) is 0 Å². The van der Waals surface area contributed by atoms with E-state index in [9.17, 15) is 5.11 Å². The maximum Gasteiger partial charge on any atom is 0.160 e. The Bertz CT molecular complexity index is 398. The van der Waals surface area contributed by atoms with Crippen molar-refractivity contribution in [1.82, 2.24) is 16.2 Å². The molecule has 1 aliphatic rings. The third-order valence-electron chi connectivity index (χ3n) is 3.38. The molecule has 0 radical (unpaired) electrons. The van der Waals surface area contributed by atoms with Gasteiger partial charge in [-0.05, 0) is 24.6 Å². The number of rotatable bonds is 5. The number of phenols is 1. The molecule has 1 aromatic carbocycles. The molecule has 1 aromatic rings. The zero-order valence-corrected chi connectivity index (χ0v) is 10.9. The summed E-state index contributed by atoms with van der Waals surface area (Å²) < 4.78 is 5.01. The van der Waals surface area contributed by atoms with Gasteiger partial charge in [-0.15, -0.1) is 0 Å². The lowest BCUT2D eigenvalue weighted by Gasteiger charge is -2.14. The third-order valence-corrected chi connectivity index (χ3v) is 3.38. The highest BCUT2D eigenvalue weighted by Crippen LogP contribution is 2.26. The van der Waals surface area contributed by atoms with Gasteiger partial charge in [0.15, 0.2) is 11.5 Å². The number of aromatic hydroxyl groups is 1. The Labute approximate surface area is 108 Å². The summed E-state index contributed by atoms with van der Waals surface area (Å²) in [5, 5.41) is 13.1. The fourth-order valence-electron chi connectivity index (χ4n) is 2.14. The van der Waals surface area contributed by atoms with E-state index in [1.807, 2.05) is 6.07 Å². The van der Waals surface area contributed by atoms with Crippen molar-refractivity contribution >= 4 is 0 Å². The van der Waals surface area contributed by atoms with Gasteiger partial charge in [-0.1, -0.05) is 6.07 Å². The van der Waals surface area contributed by atoms with Crippen molar-refractivity contribution in [3.63, 3.8) is 0 Å². The Morgan fingerprint density at radius 1 is 1.50 bits per heavy atom. The second-order valence-corrected chi connectivity index (χ2v) is 4.71. The molecule has 5 heteroatoms. The van der Waals surface area contributed by atoms with Gasteiger partial charge in [-0.3, -0.25) is 10.9 Å². The van der Waals surface area contributed by atoms with Gasteiger partial charge < -0.3 is 15.2 Å². The molecule has 2 atom stereocenters. The van der Waals surface area contributed by atoms with Crippen LogP contribution in [0, 0.1) is 5.92 Å². The Morgan fingerprint density at radius 2 is 2.33 bits per heavy atom. The lowest BCUT2D eigenvalue weighted by molar-refractivity contribution is 0.372. The van der Waals surface area contributed by atoms with Gasteiger partial charge in [-0.2, -0.15) is 0 Å². The fraction of sp³-hybridized carbons (Fsp3) is 0.538. The predicted molar refractivity (Wildman–Crippen MR) is 70.5 cm³/mol. The summed E-state index contributed by atoms with van der Waals surface area (Å²) in [6, 6.07) is 5.97. The first kappa shape index (κ1) is 13.1. The van der Waals surface area contributed by atoms with Gasteiger partial charge in [-0.25, -0.2) is 0 Å². The highest BCUT2D eigenvalue weighted by molar-refractivity contribution is 5.41. The minimum absolute atomic E-state index is 0.189. The van der Waals surface area contributed by atoms with Crippen molar-refractivity contribution in [3.05, 3.63) is 23.8 Å². The second-order valence-electron chi connectivity index (χ2n) is 4.71. The first-order chi connectivity index (χ1) is 8.70. The zero-order valence-electron chi connectivity index (χ0n) is 10.9. The van der Waals surface area contributed by atoms with Gasteiger partial charge in [0, 0.05) is 31.6 Å². The normalized spacial score (nSPS) is 23.2. The van der Waals surface area contributed by atoms with E-state index >= 15 is 0 Å². The quantitative estimate of drug-likeness (QED) is 0.617. The van der Waals surface area contributed by atoms with E-state index in [0.29, 0.717) is 17.7 Å². The lowest BCUT2D eigenvalue weighted by Crippen LogP contribution is -2.32. The Kier molecular flexibility index (Phi) is 4.41. The van der Waals surface area contributed by atoms with Crippen LogP contribution in [-0.2, 0) is 6.54 Å². The molecule has 5 nitrogen and oxygen atoms in total. The van der Waals surface area contributed by atoms with Gasteiger partial charge in [0.05, 0.1) is 7.11 Å². The Balaban J connectivity index is 1.81. The maximum atomic E-state index is 9.67. The molecule has 1 saturated heterocycles. The highest BCUT2D eigenvalue weighted by atomic mass is 16.5. The standard InChI is InChI=1S/C13H21N3O2/c1-9-11(8-15-16-9)7-14-6-10-3-4-13(18-2)12(17)5-10/h3-5,9,11,14-17H,6-8H2,1-2H3. The van der Waals surface area contributed by atoms with Gasteiger partial charge in [0.2, 0.25) is 0 Å². The van der Waals surface area contributed by atoms with Crippen molar-refractivity contribution in [2.24, 2.45) is 5.92 Å². The van der Waals surface area contributed by atoms with E-state index in [4.69, 9.17) is 4.74 Å². The zero-order chi connectivity index (χ0) is 13.0. The summed E-state index contributed by atoms with van der Waals surface area (Å²) in [5.74, 6) is 1.29. The van der Waals surface area contributed by atoms with Crippen LogP contribution in [0.15, 0.2) is 18.2 Å². The molecule has 100 valence electrons. The first-order valence-corrected chi connectivity index (χ1v) is 6.25. The monoisotopic (exact) mass is 251 g/mol. The van der Waals surface area contributed by atoms with Crippen LogP contribution in [0.2, 0.25) is 0 Å². The molecule has 0 aliphatic carbocycles. The molecule has 0 amide bonds. The summed E-state index contributed by atoms with van der Waals surface area (Å²) in [7, 11) is 1.55. The van der Waals surface area contributed by atoms with Gasteiger partial charge in [0.25, 0.3) is 0 Å². The van der Waals surface area contributed by atoms with Crippen LogP contribution in [0.5, 0.6) is 11.5 Å². The molecule has 4 N–H and O–H groups in total. The maximum absolute atomic E-state index is 9.67. The molecule has 1 fully saturated rings. The minimum Gasteiger partial charge on any atom is -0.504 e. The number of methoxy groups -OCH3 is 1. The predicted octanol–water partition coefficient (Wildman–Crippen LogP) is 0.603. The molecule has 1 aliphatic heterocycles. The molecule has 18 heavy (non-hydrogen) atoms. The highest BCUT2D eigenvalue weighted by Gasteiger charge is 2.21. The smallest absolute Gasteiger partial charge is 0.160 e. The van der Waals surface area contributed by atoms with Crippen LogP contribution in [0.25, 0.3) is 0 Å². The van der Waals surface area contributed by atoms with E-state index in [0.717, 1.165) is 25.2 Å². The summed E-state index contributed by atoms with van der Waals surface area (Å²) in [5.41, 5.74) is 7.40. The summed E-state index contributed by atoms with van der Waals surface area (Å²) in [6.07, 6.45) is 0. The topological polar surface area (TPSA) is 65.5 Å². The van der Waals surface area contributed by atoms with Crippen LogP contribution < -0.4 is 20.9 Å². The van der Waals surface area contributed by atoms with Crippen molar-refractivity contribution in [3.8, 4) is 11.5 Å². The summed E-state index contributed by atoms with van der Waals surface area (Å²) in [4.78, 5) is 0. The molecule has 0 aromatic heterocycles. The van der Waals surface area contributed by atoms with Crippen LogP contribution in [0.3, 0.4) is 0 Å². The van der Waals surface area contributed by atoms with Crippen LogP contribution >= 0.6 is 0 Å². The number of benzene rings is 1. The average Bonchev–Trinajstić information content (AvgIpc) is 2.75. The first-order valence-electron chi connectivity index (χ1n) is 6.25. The Hall–Kier alpha value is -1.30. The van der Waals surface area contributed by atoms with Crippen molar-refractivity contribution in [1.29, 1.82) is 0 Å². The number of hydrogen-bond donors (Lipinski definition) is 4. The molecule has 0 saturated carbocycles. The SMILES string of the molecule is COc1ccc(CNCC2CNNC2C)cc1O. The number of hydrogen-bond acceptors (Lipinski definition) is 5. The average molecular weight is 251 g/mol. The molecule has 1 heterocycles. The van der Waals surface area contributed by atoms with Crippen molar-refractivity contribution < 1.29 is 9.84 Å². The van der Waals surface area contributed by atoms with Gasteiger partial charge >= 0.3 is 0 Å². The number of phenolic OH excluding ortho intramolecular Hbond substituents is 1. The lowest BCUT2D eigenvalue weighted by atomic mass is 10.0. The van der Waals surface area contributed by atoms with E-state index < -0.39 is 0 Å². The summed E-state index contributed by atoms with van der Waals surface area (Å²) >= 11 is 0. The van der Waals surface area contributed by atoms with E-state index in [1.54, 1.807) is 19.2 Å². The van der Waals surface area contributed by atoms with Crippen LogP contribution in [-0.4, -0.2) is 31.3 Å². The molecule has 0 bridgehead atoms. The molecule has 2 unspecified atom stereocenters. The van der Waals surface area contributed by atoms with E-state index in [-0.39, 0.29) is 5.75 Å². The minimum atomic E-state index is 0.189. The molecule has 2 rings (SSSR count). The number of hydrazine groups is 1. The number of ether oxygens (including phenoxy) is 1. The molecular formula is C13H21N3O2. The third kappa shape index (κ3) is 3.13. The van der Waals surface area contributed by atoms with Crippen molar-refractivity contribution in [2.75, 3.05) is 20.2 Å². The van der Waals surface area contributed by atoms with Crippen LogP contribution in [0.4, 0.5) is 0 Å². The largest absolute Gasteiger partial charge is 0.504 e. The second kappa shape index (κ2) is 6.04. The van der Waals surface area contributed by atoms with Crippen molar-refractivity contribution in [2.45, 2.75) is 19.5 Å². The molecular weight excluding hydrogens is 230 g/mol. The number of nitrogens with one attached hydrogen (secondary N) is 3. The molecule has 0 spiro atoms. The van der Waals surface area contributed by atoms with Gasteiger partial charge in [0.1, 0.15) is 0 Å². The van der Waals surface area contributed by atoms with E-state index in [2.05, 4.69) is 23.1 Å². The summed E-state index contributed by atoms with van der Waals surface area (Å²) in [6.45, 7) is 4.86. The Morgan fingerprint density at radius 3 is 2.94 bits per heavy atom.